The van der Waals surface area contributed by atoms with Gasteiger partial charge in [0.1, 0.15) is 5.75 Å². The second-order valence-corrected chi connectivity index (χ2v) is 7.12. The second-order valence-electron chi connectivity index (χ2n) is 6.20. The molecule has 0 saturated heterocycles. The van der Waals surface area contributed by atoms with Crippen LogP contribution >= 0.6 is 15.9 Å². The predicted molar refractivity (Wildman–Crippen MR) is 115 cm³/mol. The van der Waals surface area contributed by atoms with Gasteiger partial charge >= 0.3 is 0 Å². The number of nitrogens with one attached hydrogen (secondary N) is 1. The van der Waals surface area contributed by atoms with Gasteiger partial charge in [-0.25, -0.2) is 9.67 Å². The third kappa shape index (κ3) is 4.20. The summed E-state index contributed by atoms with van der Waals surface area (Å²) in [5.74, 6) is 1.02. The monoisotopic (exact) mass is 448 g/mol. The van der Waals surface area contributed by atoms with Gasteiger partial charge in [-0.05, 0) is 42.5 Å². The van der Waals surface area contributed by atoms with Crippen LogP contribution in [-0.4, -0.2) is 27.8 Å². The molecule has 29 heavy (non-hydrogen) atoms. The molecule has 1 heterocycles. The molecule has 6 nitrogen and oxygen atoms in total. The summed E-state index contributed by atoms with van der Waals surface area (Å²) in [5.41, 5.74) is 2.29. The fourth-order valence-electron chi connectivity index (χ4n) is 2.84. The number of nitrogens with zero attached hydrogens (tertiary/aromatic N) is 3. The zero-order chi connectivity index (χ0) is 20.2. The van der Waals surface area contributed by atoms with Crippen LogP contribution in [0.3, 0.4) is 0 Å². The summed E-state index contributed by atoms with van der Waals surface area (Å²) in [6.07, 6.45) is 0. The molecular weight excluding hydrogens is 432 g/mol. The summed E-state index contributed by atoms with van der Waals surface area (Å²) in [7, 11) is 1.62. The summed E-state index contributed by atoms with van der Waals surface area (Å²) in [4.78, 5) is 17.3. The van der Waals surface area contributed by atoms with E-state index >= 15 is 0 Å². The maximum Gasteiger partial charge on any atom is 0.295 e. The Morgan fingerprint density at radius 1 is 1.00 bits per heavy atom. The fraction of sp³-hybridized carbons (Fsp3) is 0.0455. The first-order valence-electron chi connectivity index (χ1n) is 8.88. The first-order chi connectivity index (χ1) is 14.1. The number of benzene rings is 3. The van der Waals surface area contributed by atoms with Gasteiger partial charge in [0.15, 0.2) is 5.82 Å². The Kier molecular flexibility index (Phi) is 5.39. The van der Waals surface area contributed by atoms with Crippen molar-refractivity contribution in [3.63, 3.8) is 0 Å². The molecule has 7 heteroatoms. The summed E-state index contributed by atoms with van der Waals surface area (Å²) >= 11 is 3.40. The minimum atomic E-state index is -0.382. The smallest absolute Gasteiger partial charge is 0.295 e. The molecule has 144 valence electrons. The molecule has 0 radical (unpaired) electrons. The highest BCUT2D eigenvalue weighted by Gasteiger charge is 2.19. The highest BCUT2D eigenvalue weighted by molar-refractivity contribution is 9.10. The number of anilines is 1. The third-order valence-corrected chi connectivity index (χ3v) is 4.73. The molecule has 0 fully saturated rings. The predicted octanol–water partition coefficient (Wildman–Crippen LogP) is 4.96. The number of hydrogen-bond acceptors (Lipinski definition) is 4. The maximum atomic E-state index is 12.8. The molecule has 1 amide bonds. The lowest BCUT2D eigenvalue weighted by Crippen LogP contribution is -2.14. The van der Waals surface area contributed by atoms with Crippen LogP contribution in [0, 0.1) is 0 Å². The van der Waals surface area contributed by atoms with Crippen LogP contribution in [0.15, 0.2) is 83.3 Å². The van der Waals surface area contributed by atoms with Crippen molar-refractivity contribution in [3.8, 4) is 22.8 Å². The van der Waals surface area contributed by atoms with Crippen LogP contribution in [0.25, 0.3) is 17.1 Å². The number of ether oxygens (including phenoxy) is 1. The Balaban J connectivity index is 1.73. The van der Waals surface area contributed by atoms with Crippen LogP contribution in [0.2, 0.25) is 0 Å². The van der Waals surface area contributed by atoms with E-state index in [-0.39, 0.29) is 11.7 Å². The molecule has 1 aromatic heterocycles. The second kappa shape index (κ2) is 8.28. The first-order valence-corrected chi connectivity index (χ1v) is 9.67. The Labute approximate surface area is 176 Å². The van der Waals surface area contributed by atoms with Crippen LogP contribution in [0.1, 0.15) is 10.6 Å². The average Bonchev–Trinajstić information content (AvgIpc) is 3.20. The van der Waals surface area contributed by atoms with Crippen LogP contribution < -0.4 is 10.1 Å². The van der Waals surface area contributed by atoms with E-state index in [2.05, 4.69) is 31.3 Å². The summed E-state index contributed by atoms with van der Waals surface area (Å²) < 4.78 is 7.76. The zero-order valence-corrected chi connectivity index (χ0v) is 17.1. The Bertz CT molecular complexity index is 1140. The molecular formula is C22H17BrN4O2. The van der Waals surface area contributed by atoms with Crippen LogP contribution in [-0.2, 0) is 0 Å². The molecule has 4 rings (SSSR count). The average molecular weight is 449 g/mol. The summed E-state index contributed by atoms with van der Waals surface area (Å²) in [5, 5.41) is 7.31. The van der Waals surface area contributed by atoms with E-state index in [0.29, 0.717) is 11.5 Å². The van der Waals surface area contributed by atoms with Crippen molar-refractivity contribution in [1.82, 2.24) is 14.8 Å². The quantitative estimate of drug-likeness (QED) is 0.468. The lowest BCUT2D eigenvalue weighted by molar-refractivity contribution is 0.101. The minimum absolute atomic E-state index is 0.0830. The molecule has 0 atom stereocenters. The minimum Gasteiger partial charge on any atom is -0.497 e. The fourth-order valence-corrected chi connectivity index (χ4v) is 3.24. The number of amides is 1. The molecule has 0 bridgehead atoms. The molecule has 0 saturated carbocycles. The highest BCUT2D eigenvalue weighted by atomic mass is 79.9. The number of methoxy groups -OCH3 is 1. The largest absolute Gasteiger partial charge is 0.497 e. The van der Waals surface area contributed by atoms with E-state index in [1.54, 1.807) is 17.9 Å². The topological polar surface area (TPSA) is 69.0 Å². The number of rotatable bonds is 5. The van der Waals surface area contributed by atoms with E-state index in [1.807, 2.05) is 72.8 Å². The van der Waals surface area contributed by atoms with Crippen molar-refractivity contribution in [2.24, 2.45) is 0 Å². The lowest BCUT2D eigenvalue weighted by Gasteiger charge is -2.07. The molecule has 0 spiro atoms. The Morgan fingerprint density at radius 3 is 2.45 bits per heavy atom. The van der Waals surface area contributed by atoms with Crippen molar-refractivity contribution in [3.05, 3.63) is 89.2 Å². The summed E-state index contributed by atoms with van der Waals surface area (Å²) in [6, 6.07) is 24.4. The Hall–Kier alpha value is -3.45. The van der Waals surface area contributed by atoms with Crippen molar-refractivity contribution in [2.45, 2.75) is 0 Å². The molecule has 1 N–H and O–H groups in total. The number of hydrogen-bond donors (Lipinski definition) is 1. The van der Waals surface area contributed by atoms with Gasteiger partial charge in [0, 0.05) is 15.7 Å². The van der Waals surface area contributed by atoms with Crippen molar-refractivity contribution < 1.29 is 9.53 Å². The number of halogens is 1. The SMILES string of the molecule is COc1ccc(-n2nc(C(=O)Nc3cccc(Br)c3)nc2-c2ccccc2)cc1. The molecule has 0 aliphatic heterocycles. The van der Waals surface area contributed by atoms with Gasteiger partial charge in [-0.3, -0.25) is 4.79 Å². The van der Waals surface area contributed by atoms with Crippen molar-refractivity contribution in [1.29, 1.82) is 0 Å². The van der Waals surface area contributed by atoms with Crippen molar-refractivity contribution >= 4 is 27.5 Å². The van der Waals surface area contributed by atoms with Crippen LogP contribution in [0.5, 0.6) is 5.75 Å². The van der Waals surface area contributed by atoms with Crippen LogP contribution in [0.4, 0.5) is 5.69 Å². The first kappa shape index (κ1) is 18.9. The van der Waals surface area contributed by atoms with Gasteiger partial charge in [-0.15, -0.1) is 5.10 Å². The molecule has 3 aromatic carbocycles. The van der Waals surface area contributed by atoms with E-state index in [4.69, 9.17) is 4.74 Å². The third-order valence-electron chi connectivity index (χ3n) is 4.24. The van der Waals surface area contributed by atoms with E-state index in [1.165, 1.54) is 0 Å². The van der Waals surface area contributed by atoms with Gasteiger partial charge in [0.25, 0.3) is 5.91 Å². The summed E-state index contributed by atoms with van der Waals surface area (Å²) in [6.45, 7) is 0. The molecule has 0 unspecified atom stereocenters. The maximum absolute atomic E-state index is 12.8. The van der Waals surface area contributed by atoms with Gasteiger partial charge in [0.2, 0.25) is 5.82 Å². The van der Waals surface area contributed by atoms with Gasteiger partial charge in [-0.1, -0.05) is 52.3 Å². The number of carbonyl (C=O) groups excluding carboxylic acids is 1. The van der Waals surface area contributed by atoms with Gasteiger partial charge in [0.05, 0.1) is 12.8 Å². The molecule has 0 aliphatic carbocycles. The number of carbonyl (C=O) groups is 1. The molecule has 0 aliphatic rings. The Morgan fingerprint density at radius 2 is 1.76 bits per heavy atom. The van der Waals surface area contributed by atoms with Gasteiger partial charge < -0.3 is 10.1 Å². The zero-order valence-electron chi connectivity index (χ0n) is 15.5. The normalized spacial score (nSPS) is 10.6. The van der Waals surface area contributed by atoms with E-state index in [9.17, 15) is 4.79 Å². The highest BCUT2D eigenvalue weighted by Crippen LogP contribution is 2.23. The van der Waals surface area contributed by atoms with E-state index in [0.717, 1.165) is 21.5 Å². The number of aromatic nitrogens is 3. The van der Waals surface area contributed by atoms with E-state index < -0.39 is 0 Å². The van der Waals surface area contributed by atoms with Gasteiger partial charge in [-0.2, -0.15) is 0 Å². The van der Waals surface area contributed by atoms with Crippen molar-refractivity contribution in [2.75, 3.05) is 12.4 Å². The molecule has 4 aromatic rings. The lowest BCUT2D eigenvalue weighted by atomic mass is 10.2. The standard InChI is InChI=1S/C22H17BrN4O2/c1-29-19-12-10-18(11-13-19)27-21(15-6-3-2-4-7-15)25-20(26-27)22(28)24-17-9-5-8-16(23)14-17/h2-14H,1H3,(H,24,28).